The van der Waals surface area contributed by atoms with Crippen molar-refractivity contribution in [2.75, 3.05) is 6.54 Å². The first-order chi connectivity index (χ1) is 11.3. The average molecular weight is 366 g/mol. The Morgan fingerprint density at radius 1 is 1.32 bits per heavy atom. The summed E-state index contributed by atoms with van der Waals surface area (Å²) in [6, 6.07) is 7.75. The van der Waals surface area contributed by atoms with Crippen LogP contribution in [-0.4, -0.2) is 27.4 Å². The largest absolute Gasteiger partial charge is 0.351 e. The monoisotopic (exact) mass is 365 g/mol. The molecule has 0 spiro atoms. The van der Waals surface area contributed by atoms with Crippen molar-refractivity contribution in [1.82, 2.24) is 20.3 Å². The second-order valence-electron chi connectivity index (χ2n) is 7.20. The number of hydrogen-bond acceptors (Lipinski definition) is 4. The van der Waals surface area contributed by atoms with Crippen LogP contribution in [0.3, 0.4) is 0 Å². The molecule has 1 heterocycles. The molecule has 0 saturated heterocycles. The molecule has 2 rings (SSSR count). The molecule has 0 unspecified atom stereocenters. The SMILES string of the molecule is CC(C)c1ccccc1C(=O)NCC(C)(C)Cn1cc(CN)nn1.Cl. The number of nitrogens with two attached hydrogens (primary N) is 1. The van der Waals surface area contributed by atoms with Gasteiger partial charge in [-0.1, -0.05) is 51.1 Å². The molecule has 1 aromatic carbocycles. The van der Waals surface area contributed by atoms with Gasteiger partial charge in [0, 0.05) is 36.8 Å². The van der Waals surface area contributed by atoms with E-state index in [9.17, 15) is 4.79 Å². The normalized spacial score (nSPS) is 11.3. The lowest BCUT2D eigenvalue weighted by molar-refractivity contribution is 0.0930. The van der Waals surface area contributed by atoms with Crippen molar-refractivity contribution >= 4 is 18.3 Å². The Morgan fingerprint density at radius 2 is 2.00 bits per heavy atom. The predicted molar refractivity (Wildman–Crippen MR) is 102 cm³/mol. The summed E-state index contributed by atoms with van der Waals surface area (Å²) >= 11 is 0. The highest BCUT2D eigenvalue weighted by Gasteiger charge is 2.22. The minimum atomic E-state index is -0.151. The molecule has 0 atom stereocenters. The summed E-state index contributed by atoms with van der Waals surface area (Å²) in [5.41, 5.74) is 7.98. The predicted octanol–water partition coefficient (Wildman–Crippen LogP) is 2.74. The maximum Gasteiger partial charge on any atom is 0.251 e. The number of carbonyl (C=O) groups is 1. The van der Waals surface area contributed by atoms with Gasteiger partial charge in [0.2, 0.25) is 0 Å². The molecule has 138 valence electrons. The van der Waals surface area contributed by atoms with Gasteiger partial charge in [-0.15, -0.1) is 17.5 Å². The van der Waals surface area contributed by atoms with Gasteiger partial charge in [0.25, 0.3) is 5.91 Å². The lowest BCUT2D eigenvalue weighted by atomic mass is 9.92. The molecule has 1 amide bonds. The van der Waals surface area contributed by atoms with Crippen LogP contribution in [0.2, 0.25) is 0 Å². The van der Waals surface area contributed by atoms with Crippen LogP contribution in [0.4, 0.5) is 0 Å². The maximum atomic E-state index is 12.6. The minimum Gasteiger partial charge on any atom is -0.351 e. The first kappa shape index (κ1) is 21.1. The van der Waals surface area contributed by atoms with Crippen molar-refractivity contribution in [3.8, 4) is 0 Å². The van der Waals surface area contributed by atoms with E-state index < -0.39 is 0 Å². The highest BCUT2D eigenvalue weighted by molar-refractivity contribution is 5.95. The summed E-state index contributed by atoms with van der Waals surface area (Å²) in [4.78, 5) is 12.6. The van der Waals surface area contributed by atoms with E-state index in [1.807, 2.05) is 30.5 Å². The smallest absolute Gasteiger partial charge is 0.251 e. The van der Waals surface area contributed by atoms with E-state index in [1.165, 1.54) is 0 Å². The third-order valence-electron chi connectivity index (χ3n) is 3.94. The molecule has 1 aromatic heterocycles. The number of benzene rings is 1. The third kappa shape index (κ3) is 5.83. The highest BCUT2D eigenvalue weighted by atomic mass is 35.5. The van der Waals surface area contributed by atoms with Gasteiger partial charge in [-0.2, -0.15) is 0 Å². The summed E-state index contributed by atoms with van der Waals surface area (Å²) in [6.07, 6.45) is 1.84. The van der Waals surface area contributed by atoms with Gasteiger partial charge in [0.1, 0.15) is 0 Å². The number of nitrogens with one attached hydrogen (secondary N) is 1. The van der Waals surface area contributed by atoms with Crippen LogP contribution in [0.5, 0.6) is 0 Å². The highest BCUT2D eigenvalue weighted by Crippen LogP contribution is 2.20. The van der Waals surface area contributed by atoms with Crippen LogP contribution < -0.4 is 11.1 Å². The van der Waals surface area contributed by atoms with Gasteiger partial charge in [-0.05, 0) is 17.5 Å². The maximum absolute atomic E-state index is 12.6. The zero-order valence-electron chi connectivity index (χ0n) is 15.3. The Kier molecular flexibility index (Phi) is 7.58. The van der Waals surface area contributed by atoms with Gasteiger partial charge >= 0.3 is 0 Å². The molecular weight excluding hydrogens is 338 g/mol. The van der Waals surface area contributed by atoms with Gasteiger partial charge in [0.15, 0.2) is 0 Å². The van der Waals surface area contributed by atoms with E-state index in [1.54, 1.807) is 4.68 Å². The third-order valence-corrected chi connectivity index (χ3v) is 3.94. The lowest BCUT2D eigenvalue weighted by Crippen LogP contribution is -2.37. The lowest BCUT2D eigenvalue weighted by Gasteiger charge is -2.25. The average Bonchev–Trinajstić information content (AvgIpc) is 2.99. The summed E-state index contributed by atoms with van der Waals surface area (Å²) < 4.78 is 1.77. The zero-order chi connectivity index (χ0) is 17.7. The number of aromatic nitrogens is 3. The first-order valence-electron chi connectivity index (χ1n) is 8.28. The molecule has 0 aliphatic rings. The Balaban J connectivity index is 0.00000312. The van der Waals surface area contributed by atoms with Crippen LogP contribution in [0.1, 0.15) is 55.2 Å². The standard InChI is InChI=1S/C18H27N5O.ClH/c1-13(2)15-7-5-6-8-16(15)17(24)20-11-18(3,4)12-23-10-14(9-19)21-22-23;/h5-8,10,13H,9,11-12,19H2,1-4H3,(H,20,24);1H. The van der Waals surface area contributed by atoms with Crippen molar-refractivity contribution in [3.63, 3.8) is 0 Å². The molecule has 2 aromatic rings. The van der Waals surface area contributed by atoms with Crippen LogP contribution in [-0.2, 0) is 13.1 Å². The van der Waals surface area contributed by atoms with Crippen molar-refractivity contribution in [1.29, 1.82) is 0 Å². The Bertz CT molecular complexity index is 696. The van der Waals surface area contributed by atoms with Crippen molar-refractivity contribution in [2.24, 2.45) is 11.1 Å². The Labute approximate surface area is 155 Å². The molecule has 3 N–H and O–H groups in total. The van der Waals surface area contributed by atoms with E-state index in [2.05, 4.69) is 43.3 Å². The molecular formula is C18H28ClN5O. The number of rotatable bonds is 7. The molecule has 0 bridgehead atoms. The minimum absolute atomic E-state index is 0. The van der Waals surface area contributed by atoms with Gasteiger partial charge in [-0.25, -0.2) is 0 Å². The summed E-state index contributed by atoms with van der Waals surface area (Å²) in [6.45, 7) is 9.95. The fourth-order valence-corrected chi connectivity index (χ4v) is 2.63. The van der Waals surface area contributed by atoms with E-state index in [-0.39, 0.29) is 23.7 Å². The van der Waals surface area contributed by atoms with Crippen molar-refractivity contribution in [2.45, 2.75) is 46.7 Å². The topological polar surface area (TPSA) is 85.8 Å². The second kappa shape index (κ2) is 8.97. The molecule has 0 radical (unpaired) electrons. The van der Waals surface area contributed by atoms with Crippen molar-refractivity contribution in [3.05, 3.63) is 47.3 Å². The number of halogens is 1. The Hall–Kier alpha value is -1.92. The molecule has 0 aliphatic carbocycles. The van der Waals surface area contributed by atoms with E-state index >= 15 is 0 Å². The fraction of sp³-hybridized carbons (Fsp3) is 0.500. The second-order valence-corrected chi connectivity index (χ2v) is 7.20. The summed E-state index contributed by atoms with van der Waals surface area (Å²) in [7, 11) is 0. The molecule has 6 nitrogen and oxygen atoms in total. The molecule has 0 fully saturated rings. The van der Waals surface area contributed by atoms with E-state index in [4.69, 9.17) is 5.73 Å². The van der Waals surface area contributed by atoms with E-state index in [0.29, 0.717) is 25.6 Å². The number of carbonyl (C=O) groups excluding carboxylic acids is 1. The van der Waals surface area contributed by atoms with E-state index in [0.717, 1.165) is 16.8 Å². The number of amides is 1. The number of hydrogen-bond donors (Lipinski definition) is 2. The molecule has 25 heavy (non-hydrogen) atoms. The van der Waals surface area contributed by atoms with Crippen LogP contribution in [0, 0.1) is 5.41 Å². The first-order valence-corrected chi connectivity index (χ1v) is 8.28. The Morgan fingerprint density at radius 3 is 2.60 bits per heavy atom. The van der Waals surface area contributed by atoms with Gasteiger partial charge < -0.3 is 11.1 Å². The fourth-order valence-electron chi connectivity index (χ4n) is 2.63. The van der Waals surface area contributed by atoms with Crippen LogP contribution >= 0.6 is 12.4 Å². The van der Waals surface area contributed by atoms with Gasteiger partial charge in [-0.3, -0.25) is 9.48 Å². The quantitative estimate of drug-likeness (QED) is 0.789. The zero-order valence-corrected chi connectivity index (χ0v) is 16.1. The number of nitrogens with zero attached hydrogens (tertiary/aromatic N) is 3. The van der Waals surface area contributed by atoms with Crippen molar-refractivity contribution < 1.29 is 4.79 Å². The van der Waals surface area contributed by atoms with Crippen LogP contribution in [0.25, 0.3) is 0 Å². The van der Waals surface area contributed by atoms with Crippen LogP contribution in [0.15, 0.2) is 30.5 Å². The molecule has 0 saturated carbocycles. The molecule has 7 heteroatoms. The summed E-state index contributed by atoms with van der Waals surface area (Å²) in [5.74, 6) is 0.276. The summed E-state index contributed by atoms with van der Waals surface area (Å²) in [5, 5.41) is 11.1. The van der Waals surface area contributed by atoms with Gasteiger partial charge in [0.05, 0.1) is 5.69 Å². The molecule has 0 aliphatic heterocycles.